The predicted octanol–water partition coefficient (Wildman–Crippen LogP) is 4.29. The first kappa shape index (κ1) is 16.3. The molecule has 5 heteroatoms. The molecule has 0 fully saturated rings. The van der Waals surface area contributed by atoms with Gasteiger partial charge in [-0.25, -0.2) is 4.98 Å². The van der Waals surface area contributed by atoms with Gasteiger partial charge in [-0.3, -0.25) is 0 Å². The molecular weight excluding hydrogens is 300 g/mol. The van der Waals surface area contributed by atoms with Gasteiger partial charge in [0.2, 0.25) is 0 Å². The molecule has 1 aromatic carbocycles. The molecule has 2 rings (SSSR count). The molecule has 1 N–H and O–H groups in total. The van der Waals surface area contributed by atoms with Gasteiger partial charge >= 0.3 is 0 Å². The van der Waals surface area contributed by atoms with Gasteiger partial charge in [-0.2, -0.15) is 0 Å². The molecule has 21 heavy (non-hydrogen) atoms. The van der Waals surface area contributed by atoms with Crippen molar-refractivity contribution in [1.82, 2.24) is 10.3 Å². The number of ether oxygens (including phenoxy) is 1. The third kappa shape index (κ3) is 4.73. The third-order valence-electron chi connectivity index (χ3n) is 3.13. The maximum Gasteiger partial charge on any atom is 0.150 e. The summed E-state index contributed by atoms with van der Waals surface area (Å²) >= 11 is 3.52. The monoisotopic (exact) mass is 322 g/mol. The predicted molar refractivity (Wildman–Crippen MR) is 91.6 cm³/mol. The smallest absolute Gasteiger partial charge is 0.150 e. The molecule has 1 aromatic heterocycles. The molecular formula is C16H22N2OS2. The summed E-state index contributed by atoms with van der Waals surface area (Å²) in [6.07, 6.45) is 1.12. The maximum absolute atomic E-state index is 5.50. The van der Waals surface area contributed by atoms with Crippen LogP contribution in [0.1, 0.15) is 30.6 Å². The summed E-state index contributed by atoms with van der Waals surface area (Å²) in [7, 11) is 1.73. The molecule has 0 radical (unpaired) electrons. The molecule has 1 unspecified atom stereocenters. The highest BCUT2D eigenvalue weighted by molar-refractivity contribution is 8.01. The Morgan fingerprint density at radius 2 is 2.19 bits per heavy atom. The van der Waals surface area contributed by atoms with Crippen molar-refractivity contribution >= 4 is 23.1 Å². The topological polar surface area (TPSA) is 34.2 Å². The van der Waals surface area contributed by atoms with E-state index >= 15 is 0 Å². The van der Waals surface area contributed by atoms with Crippen LogP contribution in [-0.4, -0.2) is 24.4 Å². The zero-order valence-corrected chi connectivity index (χ0v) is 14.4. The third-order valence-corrected chi connectivity index (χ3v) is 5.36. The van der Waals surface area contributed by atoms with E-state index in [1.54, 1.807) is 30.2 Å². The van der Waals surface area contributed by atoms with E-state index in [1.807, 2.05) is 19.1 Å². The van der Waals surface area contributed by atoms with Crippen LogP contribution in [0.4, 0.5) is 0 Å². The zero-order chi connectivity index (χ0) is 15.1. The number of aryl methyl sites for hydroxylation is 1. The van der Waals surface area contributed by atoms with Gasteiger partial charge in [0.15, 0.2) is 0 Å². The van der Waals surface area contributed by atoms with Crippen LogP contribution in [0.3, 0.4) is 0 Å². The van der Waals surface area contributed by atoms with E-state index in [1.165, 1.54) is 5.56 Å². The van der Waals surface area contributed by atoms with Crippen molar-refractivity contribution in [3.05, 3.63) is 40.9 Å². The molecule has 1 heterocycles. The van der Waals surface area contributed by atoms with Crippen molar-refractivity contribution in [2.75, 3.05) is 19.4 Å². The van der Waals surface area contributed by atoms with Crippen LogP contribution in [0.15, 0.2) is 34.0 Å². The summed E-state index contributed by atoms with van der Waals surface area (Å²) in [5, 5.41) is 5.71. The second-order valence-electron chi connectivity index (χ2n) is 4.81. The van der Waals surface area contributed by atoms with Gasteiger partial charge in [0.1, 0.15) is 10.1 Å². The molecule has 114 valence electrons. The fourth-order valence-corrected chi connectivity index (χ4v) is 4.04. The van der Waals surface area contributed by atoms with Gasteiger partial charge in [-0.15, -0.1) is 11.3 Å². The maximum atomic E-state index is 5.50. The Balaban J connectivity index is 2.09. The molecule has 1 atom stereocenters. The van der Waals surface area contributed by atoms with Crippen LogP contribution >= 0.6 is 23.1 Å². The minimum Gasteiger partial charge on any atom is -0.496 e. The van der Waals surface area contributed by atoms with Crippen molar-refractivity contribution in [1.29, 1.82) is 0 Å². The van der Waals surface area contributed by atoms with Gasteiger partial charge in [0, 0.05) is 28.4 Å². The van der Waals surface area contributed by atoms with E-state index in [4.69, 9.17) is 4.74 Å². The first-order valence-electron chi connectivity index (χ1n) is 7.15. The Morgan fingerprint density at radius 3 is 2.86 bits per heavy atom. The van der Waals surface area contributed by atoms with Crippen LogP contribution in [-0.2, 0) is 0 Å². The summed E-state index contributed by atoms with van der Waals surface area (Å²) in [5.41, 5.74) is 2.31. The molecule has 3 nitrogen and oxygen atoms in total. The fraction of sp³-hybridized carbons (Fsp3) is 0.438. The normalized spacial score (nSPS) is 12.3. The zero-order valence-electron chi connectivity index (χ0n) is 12.8. The number of nitrogens with one attached hydrogen (secondary N) is 1. The first-order valence-corrected chi connectivity index (χ1v) is 9.02. The van der Waals surface area contributed by atoms with E-state index in [2.05, 4.69) is 34.7 Å². The number of thioether (sulfide) groups is 1. The minimum absolute atomic E-state index is 0.273. The number of rotatable bonds is 8. The molecule has 0 amide bonds. The van der Waals surface area contributed by atoms with Crippen LogP contribution in [0.25, 0.3) is 0 Å². The molecule has 0 saturated carbocycles. The SMILES string of the molecule is CCCNC(CSc1nc(C)cs1)c1ccccc1OC. The second-order valence-corrected chi connectivity index (χ2v) is 6.94. The lowest BCUT2D eigenvalue weighted by Gasteiger charge is -2.20. The van der Waals surface area contributed by atoms with Crippen LogP contribution in [0.5, 0.6) is 5.75 Å². The van der Waals surface area contributed by atoms with Crippen molar-refractivity contribution in [2.24, 2.45) is 0 Å². The molecule has 0 aliphatic carbocycles. The highest BCUT2D eigenvalue weighted by atomic mass is 32.2. The van der Waals surface area contributed by atoms with Crippen LogP contribution in [0, 0.1) is 6.92 Å². The number of methoxy groups -OCH3 is 1. The summed E-state index contributed by atoms with van der Waals surface area (Å²) in [4.78, 5) is 4.52. The van der Waals surface area contributed by atoms with Gasteiger partial charge in [0.05, 0.1) is 7.11 Å². The number of para-hydroxylation sites is 1. The van der Waals surface area contributed by atoms with Gasteiger partial charge < -0.3 is 10.1 Å². The lowest BCUT2D eigenvalue weighted by molar-refractivity contribution is 0.402. The quantitative estimate of drug-likeness (QED) is 0.735. The average Bonchev–Trinajstić information content (AvgIpc) is 2.93. The highest BCUT2D eigenvalue weighted by Crippen LogP contribution is 2.31. The lowest BCUT2D eigenvalue weighted by Crippen LogP contribution is -2.24. The van der Waals surface area contributed by atoms with E-state index in [-0.39, 0.29) is 6.04 Å². The number of thiazole rings is 1. The van der Waals surface area contributed by atoms with Crippen molar-refractivity contribution in [3.63, 3.8) is 0 Å². The minimum atomic E-state index is 0.273. The summed E-state index contributed by atoms with van der Waals surface area (Å²) in [6, 6.07) is 8.51. The summed E-state index contributed by atoms with van der Waals surface area (Å²) in [5.74, 6) is 1.90. The highest BCUT2D eigenvalue weighted by Gasteiger charge is 2.16. The van der Waals surface area contributed by atoms with E-state index in [9.17, 15) is 0 Å². The van der Waals surface area contributed by atoms with Crippen molar-refractivity contribution in [2.45, 2.75) is 30.6 Å². The largest absolute Gasteiger partial charge is 0.496 e. The van der Waals surface area contributed by atoms with Crippen LogP contribution < -0.4 is 10.1 Å². The molecule has 2 aromatic rings. The summed E-state index contributed by atoms with van der Waals surface area (Å²) < 4.78 is 6.63. The average molecular weight is 322 g/mol. The van der Waals surface area contributed by atoms with Crippen molar-refractivity contribution < 1.29 is 4.74 Å². The number of hydrogen-bond acceptors (Lipinski definition) is 5. The summed E-state index contributed by atoms with van der Waals surface area (Å²) in [6.45, 7) is 5.22. The van der Waals surface area contributed by atoms with E-state index < -0.39 is 0 Å². The van der Waals surface area contributed by atoms with Crippen LogP contribution in [0.2, 0.25) is 0 Å². The molecule has 0 aliphatic rings. The molecule has 0 aliphatic heterocycles. The van der Waals surface area contributed by atoms with Crippen molar-refractivity contribution in [3.8, 4) is 5.75 Å². The fourth-order valence-electron chi connectivity index (χ4n) is 2.08. The number of aromatic nitrogens is 1. The Kier molecular flexibility index (Phi) is 6.54. The van der Waals surface area contributed by atoms with Gasteiger partial charge in [-0.05, 0) is 26.0 Å². The first-order chi connectivity index (χ1) is 10.2. The van der Waals surface area contributed by atoms with E-state index in [0.717, 1.165) is 34.5 Å². The standard InChI is InChI=1S/C16H22N2OS2/c1-4-9-17-14(11-21-16-18-12(2)10-20-16)13-7-5-6-8-15(13)19-3/h5-8,10,14,17H,4,9,11H2,1-3H3. The number of hydrogen-bond donors (Lipinski definition) is 1. The molecule has 0 saturated heterocycles. The molecule has 0 bridgehead atoms. The van der Waals surface area contributed by atoms with Gasteiger partial charge in [-0.1, -0.05) is 36.9 Å². The van der Waals surface area contributed by atoms with Gasteiger partial charge in [0.25, 0.3) is 0 Å². The Hall–Kier alpha value is -1.04. The number of benzene rings is 1. The number of nitrogens with zero attached hydrogens (tertiary/aromatic N) is 1. The second kappa shape index (κ2) is 8.41. The Bertz CT molecular complexity index is 557. The Morgan fingerprint density at radius 1 is 1.38 bits per heavy atom. The lowest BCUT2D eigenvalue weighted by atomic mass is 10.1. The molecule has 0 spiro atoms. The van der Waals surface area contributed by atoms with E-state index in [0.29, 0.717) is 0 Å². The Labute approximate surface area is 135 Å².